The Bertz CT molecular complexity index is 1140. The summed E-state index contributed by atoms with van der Waals surface area (Å²) < 4.78 is 13.6. The monoisotopic (exact) mass is 388 g/mol. The van der Waals surface area contributed by atoms with Crippen molar-refractivity contribution in [2.45, 2.75) is 13.5 Å². The van der Waals surface area contributed by atoms with Crippen LogP contribution in [0.25, 0.3) is 28.1 Å². The van der Waals surface area contributed by atoms with Gasteiger partial charge in [-0.3, -0.25) is 9.78 Å². The van der Waals surface area contributed by atoms with Crippen LogP contribution < -0.4 is 4.74 Å². The standard InChI is InChI=1S/C23H24N4O2/c1-4-17-7-5-6-8-23(17)29-12-11-28-15-22-20(14-24-27(22)3)18-9-10-21-19(13-18)16(2)25-26-21/h4-10,13-14H,1,11-12,15H2,2-3H3,(H,25,26). The number of H-pyrrole nitrogens is 1. The van der Waals surface area contributed by atoms with E-state index in [0.717, 1.165) is 44.7 Å². The lowest BCUT2D eigenvalue weighted by Crippen LogP contribution is -2.09. The van der Waals surface area contributed by atoms with Gasteiger partial charge in [-0.1, -0.05) is 36.9 Å². The molecular weight excluding hydrogens is 364 g/mol. The molecule has 29 heavy (non-hydrogen) atoms. The molecule has 0 fully saturated rings. The Hall–Kier alpha value is -3.38. The molecule has 0 spiro atoms. The lowest BCUT2D eigenvalue weighted by atomic mass is 10.0. The largest absolute Gasteiger partial charge is 0.491 e. The second kappa shape index (κ2) is 8.32. The number of aryl methyl sites for hydroxylation is 2. The first kappa shape index (κ1) is 19.0. The van der Waals surface area contributed by atoms with Crippen LogP contribution in [0, 0.1) is 6.92 Å². The highest BCUT2D eigenvalue weighted by atomic mass is 16.5. The number of rotatable bonds is 8. The molecule has 0 radical (unpaired) electrons. The van der Waals surface area contributed by atoms with Crippen LogP contribution in [-0.2, 0) is 18.4 Å². The minimum atomic E-state index is 0.459. The summed E-state index contributed by atoms with van der Waals surface area (Å²) in [4.78, 5) is 0. The van der Waals surface area contributed by atoms with Gasteiger partial charge in [0.2, 0.25) is 0 Å². The second-order valence-electron chi connectivity index (χ2n) is 6.85. The van der Waals surface area contributed by atoms with Gasteiger partial charge < -0.3 is 9.47 Å². The van der Waals surface area contributed by atoms with Gasteiger partial charge in [-0.25, -0.2) is 0 Å². The molecule has 4 rings (SSSR count). The zero-order valence-corrected chi connectivity index (χ0v) is 16.7. The molecule has 6 nitrogen and oxygen atoms in total. The first-order chi connectivity index (χ1) is 14.2. The smallest absolute Gasteiger partial charge is 0.126 e. The number of ether oxygens (including phenoxy) is 2. The number of para-hydroxylation sites is 1. The number of fused-ring (bicyclic) bond motifs is 1. The van der Waals surface area contributed by atoms with Crippen molar-refractivity contribution in [3.63, 3.8) is 0 Å². The molecule has 0 saturated carbocycles. The average molecular weight is 388 g/mol. The summed E-state index contributed by atoms with van der Waals surface area (Å²) >= 11 is 0. The van der Waals surface area contributed by atoms with E-state index in [2.05, 4.69) is 34.0 Å². The lowest BCUT2D eigenvalue weighted by molar-refractivity contribution is 0.0853. The lowest BCUT2D eigenvalue weighted by Gasteiger charge is -2.11. The highest BCUT2D eigenvalue weighted by Crippen LogP contribution is 2.28. The highest BCUT2D eigenvalue weighted by molar-refractivity contribution is 5.86. The number of hydrogen-bond acceptors (Lipinski definition) is 4. The van der Waals surface area contributed by atoms with Crippen LogP contribution in [0.1, 0.15) is 17.0 Å². The van der Waals surface area contributed by atoms with E-state index in [0.29, 0.717) is 19.8 Å². The third-order valence-corrected chi connectivity index (χ3v) is 4.98. The van der Waals surface area contributed by atoms with Crippen molar-refractivity contribution in [2.24, 2.45) is 7.05 Å². The number of nitrogens with zero attached hydrogens (tertiary/aromatic N) is 3. The van der Waals surface area contributed by atoms with E-state index in [1.807, 2.05) is 55.2 Å². The number of hydrogen-bond donors (Lipinski definition) is 1. The number of aromatic nitrogens is 4. The van der Waals surface area contributed by atoms with E-state index in [1.54, 1.807) is 6.08 Å². The normalized spacial score (nSPS) is 11.1. The molecule has 0 saturated heterocycles. The summed E-state index contributed by atoms with van der Waals surface area (Å²) in [6.45, 7) is 7.25. The molecule has 0 aliphatic carbocycles. The fraction of sp³-hybridized carbons (Fsp3) is 0.217. The minimum absolute atomic E-state index is 0.459. The van der Waals surface area contributed by atoms with Gasteiger partial charge in [0.1, 0.15) is 12.4 Å². The molecule has 4 aromatic rings. The molecular formula is C23H24N4O2. The molecule has 2 aromatic carbocycles. The summed E-state index contributed by atoms with van der Waals surface area (Å²) in [5.41, 5.74) is 6.19. The molecule has 0 aliphatic rings. The number of benzene rings is 2. The fourth-order valence-corrected chi connectivity index (χ4v) is 3.34. The molecule has 1 N–H and O–H groups in total. The molecule has 2 aromatic heterocycles. The van der Waals surface area contributed by atoms with Gasteiger partial charge in [-0.15, -0.1) is 0 Å². The summed E-state index contributed by atoms with van der Waals surface area (Å²) in [6, 6.07) is 14.1. The zero-order chi connectivity index (χ0) is 20.2. The van der Waals surface area contributed by atoms with Crippen LogP contribution in [0.3, 0.4) is 0 Å². The van der Waals surface area contributed by atoms with E-state index in [1.165, 1.54) is 0 Å². The molecule has 2 heterocycles. The quantitative estimate of drug-likeness (QED) is 0.451. The van der Waals surface area contributed by atoms with Gasteiger partial charge in [0.15, 0.2) is 0 Å². The maximum absolute atomic E-state index is 5.88. The van der Waals surface area contributed by atoms with Crippen molar-refractivity contribution in [2.75, 3.05) is 13.2 Å². The van der Waals surface area contributed by atoms with Crippen LogP contribution in [0.2, 0.25) is 0 Å². The predicted octanol–water partition coefficient (Wildman–Crippen LogP) is 4.51. The van der Waals surface area contributed by atoms with E-state index in [9.17, 15) is 0 Å². The van der Waals surface area contributed by atoms with Gasteiger partial charge in [-0.2, -0.15) is 10.2 Å². The third-order valence-electron chi connectivity index (χ3n) is 4.98. The van der Waals surface area contributed by atoms with Crippen molar-refractivity contribution in [3.05, 3.63) is 72.2 Å². The Morgan fingerprint density at radius 1 is 1.17 bits per heavy atom. The van der Waals surface area contributed by atoms with Gasteiger partial charge in [-0.05, 0) is 30.7 Å². The van der Waals surface area contributed by atoms with Crippen molar-refractivity contribution in [1.29, 1.82) is 0 Å². The molecule has 0 aliphatic heterocycles. The molecule has 0 unspecified atom stereocenters. The average Bonchev–Trinajstić information content (AvgIpc) is 3.30. The van der Waals surface area contributed by atoms with E-state index < -0.39 is 0 Å². The van der Waals surface area contributed by atoms with Gasteiger partial charge in [0.05, 0.1) is 30.6 Å². The first-order valence-corrected chi connectivity index (χ1v) is 9.55. The fourth-order valence-electron chi connectivity index (χ4n) is 3.34. The summed E-state index contributed by atoms with van der Waals surface area (Å²) in [7, 11) is 1.93. The van der Waals surface area contributed by atoms with E-state index >= 15 is 0 Å². The summed E-state index contributed by atoms with van der Waals surface area (Å²) in [5, 5.41) is 12.9. The Morgan fingerprint density at radius 3 is 2.90 bits per heavy atom. The van der Waals surface area contributed by atoms with Crippen LogP contribution in [0.4, 0.5) is 0 Å². The van der Waals surface area contributed by atoms with Crippen LogP contribution in [0.15, 0.2) is 55.2 Å². The zero-order valence-electron chi connectivity index (χ0n) is 16.7. The number of aromatic amines is 1. The van der Waals surface area contributed by atoms with Crippen LogP contribution in [0.5, 0.6) is 5.75 Å². The molecule has 0 amide bonds. The second-order valence-corrected chi connectivity index (χ2v) is 6.85. The van der Waals surface area contributed by atoms with E-state index in [4.69, 9.17) is 9.47 Å². The predicted molar refractivity (Wildman–Crippen MR) is 115 cm³/mol. The molecule has 0 atom stereocenters. The van der Waals surface area contributed by atoms with Crippen LogP contribution in [-0.4, -0.2) is 33.2 Å². The minimum Gasteiger partial charge on any atom is -0.491 e. The van der Waals surface area contributed by atoms with Gasteiger partial charge >= 0.3 is 0 Å². The topological polar surface area (TPSA) is 65.0 Å². The first-order valence-electron chi connectivity index (χ1n) is 9.55. The third kappa shape index (κ3) is 3.93. The van der Waals surface area contributed by atoms with Gasteiger partial charge in [0, 0.05) is 29.3 Å². The Morgan fingerprint density at radius 2 is 2.03 bits per heavy atom. The summed E-state index contributed by atoms with van der Waals surface area (Å²) in [6.07, 6.45) is 3.67. The van der Waals surface area contributed by atoms with Crippen LogP contribution >= 0.6 is 0 Å². The SMILES string of the molecule is C=Cc1ccccc1OCCOCc1c(-c2ccc3n[nH]c(C)c3c2)cnn1C. The highest BCUT2D eigenvalue weighted by Gasteiger charge is 2.13. The van der Waals surface area contributed by atoms with E-state index in [-0.39, 0.29) is 0 Å². The van der Waals surface area contributed by atoms with Crippen molar-refractivity contribution < 1.29 is 9.47 Å². The van der Waals surface area contributed by atoms with Crippen molar-refractivity contribution in [1.82, 2.24) is 20.0 Å². The molecule has 6 heteroatoms. The Labute approximate surface area is 169 Å². The maximum Gasteiger partial charge on any atom is 0.126 e. The summed E-state index contributed by atoms with van der Waals surface area (Å²) in [5.74, 6) is 0.816. The van der Waals surface area contributed by atoms with Crippen molar-refractivity contribution >= 4 is 17.0 Å². The maximum atomic E-state index is 5.88. The molecule has 0 bridgehead atoms. The van der Waals surface area contributed by atoms with Crippen molar-refractivity contribution in [3.8, 4) is 16.9 Å². The Balaban J connectivity index is 1.41. The molecule has 148 valence electrons. The van der Waals surface area contributed by atoms with Gasteiger partial charge in [0.25, 0.3) is 0 Å². The Kier molecular flexibility index (Phi) is 5.44. The number of nitrogens with one attached hydrogen (secondary N) is 1.